The highest BCUT2D eigenvalue weighted by Gasteiger charge is 2.27. The van der Waals surface area contributed by atoms with Crippen molar-refractivity contribution < 1.29 is 0 Å². The summed E-state index contributed by atoms with van der Waals surface area (Å²) >= 11 is 12.2. The van der Waals surface area contributed by atoms with Crippen LogP contribution in [0.5, 0.6) is 0 Å². The fourth-order valence-electron chi connectivity index (χ4n) is 3.03. The molecule has 0 radical (unpaired) electrons. The van der Waals surface area contributed by atoms with Crippen molar-refractivity contribution in [3.8, 4) is 0 Å². The summed E-state index contributed by atoms with van der Waals surface area (Å²) in [6.45, 7) is 3.72. The molecule has 0 spiro atoms. The molecule has 3 heteroatoms. The minimum absolute atomic E-state index is 0.213. The van der Waals surface area contributed by atoms with Crippen LogP contribution in [-0.2, 0) is 0 Å². The van der Waals surface area contributed by atoms with E-state index in [-0.39, 0.29) is 6.04 Å². The molecule has 102 valence electrons. The lowest BCUT2D eigenvalue weighted by molar-refractivity contribution is 0.534. The van der Waals surface area contributed by atoms with Gasteiger partial charge in [0, 0.05) is 5.92 Å². The maximum atomic E-state index is 6.16. The maximum Gasteiger partial charge on any atom is 0.0745 e. The van der Waals surface area contributed by atoms with E-state index in [0.717, 1.165) is 12.8 Å². The van der Waals surface area contributed by atoms with Crippen LogP contribution < -0.4 is 0 Å². The lowest BCUT2D eigenvalue weighted by Gasteiger charge is -2.30. The lowest BCUT2D eigenvalue weighted by atomic mass is 9.77. The van der Waals surface area contributed by atoms with Crippen LogP contribution in [0.25, 0.3) is 0 Å². The van der Waals surface area contributed by atoms with Crippen molar-refractivity contribution >= 4 is 29.9 Å². The number of nitrogens with zero attached hydrogens (tertiary/aromatic N) is 1. The molecule has 0 saturated carbocycles. The largest absolute Gasteiger partial charge is 0.293 e. The third-order valence-electron chi connectivity index (χ3n) is 4.03. The Morgan fingerprint density at radius 1 is 0.950 bits per heavy atom. The van der Waals surface area contributed by atoms with E-state index in [1.807, 2.05) is 12.1 Å². The zero-order valence-electron chi connectivity index (χ0n) is 11.0. The summed E-state index contributed by atoms with van der Waals surface area (Å²) in [5.41, 5.74) is 3.83. The van der Waals surface area contributed by atoms with Gasteiger partial charge in [0.15, 0.2) is 0 Å². The van der Waals surface area contributed by atoms with Gasteiger partial charge in [0.25, 0.3) is 0 Å². The SMILES string of the molecule is C=N[C@H]1CC[C@@H](c2ccc(Cl)c(Cl)c2)c2ccccc21. The van der Waals surface area contributed by atoms with Gasteiger partial charge in [0.2, 0.25) is 0 Å². The Labute approximate surface area is 129 Å². The molecule has 0 amide bonds. The van der Waals surface area contributed by atoms with Crippen LogP contribution in [0.15, 0.2) is 47.5 Å². The minimum atomic E-state index is 0.213. The molecule has 2 atom stereocenters. The molecule has 0 saturated heterocycles. The zero-order valence-corrected chi connectivity index (χ0v) is 12.5. The molecule has 0 unspecified atom stereocenters. The van der Waals surface area contributed by atoms with E-state index in [0.29, 0.717) is 16.0 Å². The Balaban J connectivity index is 2.07. The number of halogens is 2. The number of hydrogen-bond acceptors (Lipinski definition) is 1. The van der Waals surface area contributed by atoms with E-state index in [1.165, 1.54) is 16.7 Å². The Morgan fingerprint density at radius 3 is 2.40 bits per heavy atom. The predicted molar refractivity (Wildman–Crippen MR) is 86.3 cm³/mol. The van der Waals surface area contributed by atoms with E-state index in [9.17, 15) is 0 Å². The molecule has 20 heavy (non-hydrogen) atoms. The van der Waals surface area contributed by atoms with Gasteiger partial charge in [0.1, 0.15) is 0 Å². The van der Waals surface area contributed by atoms with E-state index in [2.05, 4.69) is 42.0 Å². The van der Waals surface area contributed by atoms with E-state index in [1.54, 1.807) is 0 Å². The van der Waals surface area contributed by atoms with Crippen LogP contribution in [0, 0.1) is 0 Å². The van der Waals surface area contributed by atoms with E-state index in [4.69, 9.17) is 23.2 Å². The highest BCUT2D eigenvalue weighted by Crippen LogP contribution is 2.43. The first-order valence-electron chi connectivity index (χ1n) is 6.70. The van der Waals surface area contributed by atoms with Gasteiger partial charge in [-0.15, -0.1) is 0 Å². The molecular formula is C17H15Cl2N. The second-order valence-corrected chi connectivity index (χ2v) is 5.95. The van der Waals surface area contributed by atoms with Gasteiger partial charge in [-0.1, -0.05) is 53.5 Å². The molecule has 1 nitrogen and oxygen atoms in total. The number of benzene rings is 2. The lowest BCUT2D eigenvalue weighted by Crippen LogP contribution is -2.14. The average Bonchev–Trinajstić information content (AvgIpc) is 2.49. The molecule has 2 aromatic carbocycles. The summed E-state index contributed by atoms with van der Waals surface area (Å²) in [4.78, 5) is 4.25. The topological polar surface area (TPSA) is 12.4 Å². The first-order chi connectivity index (χ1) is 9.70. The van der Waals surface area contributed by atoms with Crippen LogP contribution in [0.2, 0.25) is 10.0 Å². The Kier molecular flexibility index (Phi) is 3.82. The standard InChI is InChI=1S/C17H15Cl2N/c1-20-17-9-7-12(13-4-2-3-5-14(13)17)11-6-8-15(18)16(19)10-11/h2-6,8,10,12,17H,1,7,9H2/t12-,17-/m0/s1. The van der Waals surface area contributed by atoms with Crippen LogP contribution in [0.3, 0.4) is 0 Å². The van der Waals surface area contributed by atoms with Gasteiger partial charge in [-0.2, -0.15) is 0 Å². The minimum Gasteiger partial charge on any atom is -0.293 e. The van der Waals surface area contributed by atoms with Crippen LogP contribution in [0.1, 0.15) is 41.5 Å². The molecule has 0 fully saturated rings. The second-order valence-electron chi connectivity index (χ2n) is 5.13. The van der Waals surface area contributed by atoms with Crippen LogP contribution in [0.4, 0.5) is 0 Å². The summed E-state index contributed by atoms with van der Waals surface area (Å²) in [6, 6.07) is 14.6. The summed E-state index contributed by atoms with van der Waals surface area (Å²) in [5, 5.41) is 1.22. The van der Waals surface area contributed by atoms with Gasteiger partial charge >= 0.3 is 0 Å². The van der Waals surface area contributed by atoms with Gasteiger partial charge in [0.05, 0.1) is 16.1 Å². The Morgan fingerprint density at radius 2 is 1.70 bits per heavy atom. The summed E-state index contributed by atoms with van der Waals surface area (Å²) < 4.78 is 0. The second kappa shape index (κ2) is 5.59. The maximum absolute atomic E-state index is 6.16. The zero-order chi connectivity index (χ0) is 14.1. The third kappa shape index (κ3) is 2.36. The number of fused-ring (bicyclic) bond motifs is 1. The van der Waals surface area contributed by atoms with Crippen molar-refractivity contribution in [2.45, 2.75) is 24.8 Å². The Bertz CT molecular complexity index is 651. The van der Waals surface area contributed by atoms with Crippen molar-refractivity contribution in [1.82, 2.24) is 0 Å². The van der Waals surface area contributed by atoms with Crippen molar-refractivity contribution in [1.29, 1.82) is 0 Å². The molecule has 1 aliphatic carbocycles. The number of rotatable bonds is 2. The summed E-state index contributed by atoms with van der Waals surface area (Å²) in [7, 11) is 0. The van der Waals surface area contributed by atoms with Crippen molar-refractivity contribution in [3.05, 3.63) is 69.2 Å². The smallest absolute Gasteiger partial charge is 0.0745 e. The van der Waals surface area contributed by atoms with Gasteiger partial charge in [-0.3, -0.25) is 4.99 Å². The quantitative estimate of drug-likeness (QED) is 0.635. The van der Waals surface area contributed by atoms with Crippen LogP contribution in [-0.4, -0.2) is 6.72 Å². The summed E-state index contributed by atoms with van der Waals surface area (Å²) in [6.07, 6.45) is 2.07. The van der Waals surface area contributed by atoms with Gasteiger partial charge in [-0.05, 0) is 48.4 Å². The summed E-state index contributed by atoms with van der Waals surface area (Å²) in [5.74, 6) is 0.360. The molecule has 3 rings (SSSR count). The Hall–Kier alpha value is -1.31. The fourth-order valence-corrected chi connectivity index (χ4v) is 3.34. The molecule has 0 heterocycles. The molecule has 0 bridgehead atoms. The van der Waals surface area contributed by atoms with E-state index >= 15 is 0 Å². The van der Waals surface area contributed by atoms with Gasteiger partial charge < -0.3 is 0 Å². The van der Waals surface area contributed by atoms with Crippen LogP contribution >= 0.6 is 23.2 Å². The highest BCUT2D eigenvalue weighted by molar-refractivity contribution is 6.42. The van der Waals surface area contributed by atoms with Crippen molar-refractivity contribution in [2.24, 2.45) is 4.99 Å². The first kappa shape index (κ1) is 13.7. The molecule has 0 N–H and O–H groups in total. The van der Waals surface area contributed by atoms with Gasteiger partial charge in [-0.25, -0.2) is 0 Å². The third-order valence-corrected chi connectivity index (χ3v) is 4.76. The molecular weight excluding hydrogens is 289 g/mol. The number of hydrogen-bond donors (Lipinski definition) is 0. The predicted octanol–water partition coefficient (Wildman–Crippen LogP) is 5.66. The normalized spacial score (nSPS) is 21.3. The molecule has 2 aromatic rings. The molecule has 1 aliphatic rings. The average molecular weight is 304 g/mol. The fraction of sp³-hybridized carbons (Fsp3) is 0.235. The first-order valence-corrected chi connectivity index (χ1v) is 7.46. The highest BCUT2D eigenvalue weighted by atomic mass is 35.5. The molecule has 0 aromatic heterocycles. The molecule has 0 aliphatic heterocycles. The monoisotopic (exact) mass is 303 g/mol. The number of aliphatic imine (C=N–C) groups is 1. The van der Waals surface area contributed by atoms with Crippen molar-refractivity contribution in [3.63, 3.8) is 0 Å². The van der Waals surface area contributed by atoms with E-state index < -0.39 is 0 Å². The van der Waals surface area contributed by atoms with Crippen molar-refractivity contribution in [2.75, 3.05) is 0 Å².